The Balaban J connectivity index is 3.34. The molecule has 19 heavy (non-hydrogen) atoms. The summed E-state index contributed by atoms with van der Waals surface area (Å²) in [5.41, 5.74) is 1.64. The number of hydrogen-bond acceptors (Lipinski definition) is 3. The third kappa shape index (κ3) is 3.30. The van der Waals surface area contributed by atoms with Gasteiger partial charge in [0, 0.05) is 34.4 Å². The fourth-order valence-electron chi connectivity index (χ4n) is 1.72. The highest BCUT2D eigenvalue weighted by molar-refractivity contribution is 5.99. The standard InChI is InChI=1S/C14H21N3O2/c1-9(2)12-11(14(19)17(5)6)7-10(8-15-12)13(18)16(3)4/h7-9H,1-6H3. The van der Waals surface area contributed by atoms with E-state index < -0.39 is 0 Å². The number of carbonyl (C=O) groups excluding carboxylic acids is 2. The zero-order chi connectivity index (χ0) is 14.7. The maximum Gasteiger partial charge on any atom is 0.255 e. The number of aromatic nitrogens is 1. The topological polar surface area (TPSA) is 53.5 Å². The van der Waals surface area contributed by atoms with Gasteiger partial charge in [0.05, 0.1) is 16.8 Å². The van der Waals surface area contributed by atoms with Crippen LogP contribution in [0.4, 0.5) is 0 Å². The Kier molecular flexibility index (Phi) is 4.64. The van der Waals surface area contributed by atoms with Crippen LogP contribution in [0.1, 0.15) is 46.2 Å². The molecule has 0 N–H and O–H groups in total. The number of rotatable bonds is 3. The summed E-state index contributed by atoms with van der Waals surface area (Å²) in [7, 11) is 6.72. The first kappa shape index (κ1) is 15.1. The summed E-state index contributed by atoms with van der Waals surface area (Å²) >= 11 is 0. The van der Waals surface area contributed by atoms with E-state index in [2.05, 4.69) is 4.98 Å². The Morgan fingerprint density at radius 1 is 1.05 bits per heavy atom. The first-order valence-corrected chi connectivity index (χ1v) is 6.19. The van der Waals surface area contributed by atoms with Crippen LogP contribution in [0.25, 0.3) is 0 Å². The molecule has 0 aliphatic rings. The molecule has 0 fully saturated rings. The second-order valence-corrected chi connectivity index (χ2v) is 5.21. The molecule has 0 aliphatic carbocycles. The second kappa shape index (κ2) is 5.82. The van der Waals surface area contributed by atoms with Crippen molar-refractivity contribution in [3.8, 4) is 0 Å². The van der Waals surface area contributed by atoms with E-state index in [0.29, 0.717) is 16.8 Å². The zero-order valence-electron chi connectivity index (χ0n) is 12.4. The van der Waals surface area contributed by atoms with E-state index in [4.69, 9.17) is 0 Å². The van der Waals surface area contributed by atoms with Crippen LogP contribution in [-0.2, 0) is 0 Å². The van der Waals surface area contributed by atoms with Gasteiger partial charge >= 0.3 is 0 Å². The third-order valence-electron chi connectivity index (χ3n) is 2.76. The largest absolute Gasteiger partial charge is 0.345 e. The molecule has 104 valence electrons. The van der Waals surface area contributed by atoms with Crippen LogP contribution in [0.3, 0.4) is 0 Å². The van der Waals surface area contributed by atoms with Crippen molar-refractivity contribution >= 4 is 11.8 Å². The van der Waals surface area contributed by atoms with Gasteiger partial charge in [-0.1, -0.05) is 13.8 Å². The number of pyridine rings is 1. The Hall–Kier alpha value is -1.91. The maximum absolute atomic E-state index is 12.2. The van der Waals surface area contributed by atoms with Gasteiger partial charge in [0.1, 0.15) is 0 Å². The summed E-state index contributed by atoms with van der Waals surface area (Å²) in [5, 5.41) is 0. The molecule has 1 rings (SSSR count). The molecule has 0 unspecified atom stereocenters. The fourth-order valence-corrected chi connectivity index (χ4v) is 1.72. The van der Waals surface area contributed by atoms with E-state index in [1.54, 1.807) is 34.3 Å². The summed E-state index contributed by atoms with van der Waals surface area (Å²) in [6.45, 7) is 3.95. The van der Waals surface area contributed by atoms with Crippen molar-refractivity contribution in [3.63, 3.8) is 0 Å². The van der Waals surface area contributed by atoms with Gasteiger partial charge in [0.25, 0.3) is 11.8 Å². The SMILES string of the molecule is CC(C)c1ncc(C(=O)N(C)C)cc1C(=O)N(C)C. The summed E-state index contributed by atoms with van der Waals surface area (Å²) in [4.78, 5) is 31.4. The zero-order valence-corrected chi connectivity index (χ0v) is 12.4. The monoisotopic (exact) mass is 263 g/mol. The number of carbonyl (C=O) groups is 2. The number of amides is 2. The molecule has 0 spiro atoms. The molecular weight excluding hydrogens is 242 g/mol. The Labute approximate surface area is 114 Å². The van der Waals surface area contributed by atoms with Gasteiger partial charge in [-0.25, -0.2) is 0 Å². The highest BCUT2D eigenvalue weighted by Gasteiger charge is 2.20. The summed E-state index contributed by atoms with van der Waals surface area (Å²) < 4.78 is 0. The van der Waals surface area contributed by atoms with Gasteiger partial charge in [0.2, 0.25) is 0 Å². The van der Waals surface area contributed by atoms with Gasteiger partial charge in [0.15, 0.2) is 0 Å². The van der Waals surface area contributed by atoms with Gasteiger partial charge < -0.3 is 9.80 Å². The molecule has 1 aromatic rings. The van der Waals surface area contributed by atoms with E-state index in [9.17, 15) is 9.59 Å². The molecule has 0 atom stereocenters. The lowest BCUT2D eigenvalue weighted by molar-refractivity contribution is 0.0824. The minimum absolute atomic E-state index is 0.127. The Bertz CT molecular complexity index is 493. The molecule has 1 heterocycles. The maximum atomic E-state index is 12.2. The molecule has 0 aliphatic heterocycles. The molecular formula is C14H21N3O2. The molecule has 5 heteroatoms. The van der Waals surface area contributed by atoms with Crippen molar-refractivity contribution in [1.29, 1.82) is 0 Å². The molecule has 0 saturated carbocycles. The van der Waals surface area contributed by atoms with Gasteiger partial charge in [-0.15, -0.1) is 0 Å². The average Bonchev–Trinajstić information content (AvgIpc) is 2.35. The number of hydrogen-bond donors (Lipinski definition) is 0. The Morgan fingerprint density at radius 3 is 2.00 bits per heavy atom. The van der Waals surface area contributed by atoms with Crippen LogP contribution < -0.4 is 0 Å². The van der Waals surface area contributed by atoms with Crippen molar-refractivity contribution in [3.05, 3.63) is 29.1 Å². The highest BCUT2D eigenvalue weighted by Crippen LogP contribution is 2.19. The van der Waals surface area contributed by atoms with Gasteiger partial charge in [-0.3, -0.25) is 14.6 Å². The van der Waals surface area contributed by atoms with Crippen LogP contribution >= 0.6 is 0 Å². The average molecular weight is 263 g/mol. The predicted molar refractivity (Wildman–Crippen MR) is 74.4 cm³/mol. The summed E-state index contributed by atoms with van der Waals surface area (Å²) in [6.07, 6.45) is 1.53. The second-order valence-electron chi connectivity index (χ2n) is 5.21. The minimum Gasteiger partial charge on any atom is -0.345 e. The lowest BCUT2D eigenvalue weighted by Crippen LogP contribution is -2.26. The van der Waals surface area contributed by atoms with Crippen molar-refractivity contribution in [2.24, 2.45) is 0 Å². The predicted octanol–water partition coefficient (Wildman–Crippen LogP) is 1.61. The van der Waals surface area contributed by atoms with Gasteiger partial charge in [-0.2, -0.15) is 0 Å². The van der Waals surface area contributed by atoms with Crippen LogP contribution in [0.5, 0.6) is 0 Å². The van der Waals surface area contributed by atoms with Gasteiger partial charge in [-0.05, 0) is 12.0 Å². The molecule has 0 radical (unpaired) electrons. The highest BCUT2D eigenvalue weighted by atomic mass is 16.2. The van der Waals surface area contributed by atoms with Crippen molar-refractivity contribution in [2.45, 2.75) is 19.8 Å². The normalized spacial score (nSPS) is 10.5. The first-order chi connectivity index (χ1) is 8.75. The van der Waals surface area contributed by atoms with E-state index in [1.807, 2.05) is 13.8 Å². The third-order valence-corrected chi connectivity index (χ3v) is 2.76. The molecule has 2 amide bonds. The van der Waals surface area contributed by atoms with E-state index >= 15 is 0 Å². The van der Waals surface area contributed by atoms with Crippen molar-refractivity contribution in [2.75, 3.05) is 28.2 Å². The molecule has 0 saturated heterocycles. The lowest BCUT2D eigenvalue weighted by atomic mass is 10.0. The quantitative estimate of drug-likeness (QED) is 0.832. The van der Waals surface area contributed by atoms with E-state index in [-0.39, 0.29) is 17.7 Å². The first-order valence-electron chi connectivity index (χ1n) is 6.19. The van der Waals surface area contributed by atoms with Crippen LogP contribution in [0.15, 0.2) is 12.3 Å². The van der Waals surface area contributed by atoms with Crippen LogP contribution in [-0.4, -0.2) is 54.8 Å². The minimum atomic E-state index is -0.157. The molecule has 0 bridgehead atoms. The van der Waals surface area contributed by atoms with E-state index in [0.717, 1.165) is 0 Å². The lowest BCUT2D eigenvalue weighted by Gasteiger charge is -2.17. The number of nitrogens with zero attached hydrogens (tertiary/aromatic N) is 3. The molecule has 5 nitrogen and oxygen atoms in total. The fraction of sp³-hybridized carbons (Fsp3) is 0.500. The molecule has 0 aromatic carbocycles. The van der Waals surface area contributed by atoms with Crippen molar-refractivity contribution in [1.82, 2.24) is 14.8 Å². The Morgan fingerprint density at radius 2 is 1.58 bits per heavy atom. The van der Waals surface area contributed by atoms with E-state index in [1.165, 1.54) is 16.0 Å². The van der Waals surface area contributed by atoms with Crippen LogP contribution in [0, 0.1) is 0 Å². The van der Waals surface area contributed by atoms with Crippen molar-refractivity contribution < 1.29 is 9.59 Å². The molecule has 1 aromatic heterocycles. The van der Waals surface area contributed by atoms with Crippen LogP contribution in [0.2, 0.25) is 0 Å². The summed E-state index contributed by atoms with van der Waals surface area (Å²) in [6, 6.07) is 1.63. The smallest absolute Gasteiger partial charge is 0.255 e. The summed E-state index contributed by atoms with van der Waals surface area (Å²) in [5.74, 6) is -0.164.